The largest absolute Gasteiger partial charge is 0.296 e. The summed E-state index contributed by atoms with van der Waals surface area (Å²) in [5.41, 5.74) is 2.21. The van der Waals surface area contributed by atoms with E-state index in [2.05, 4.69) is 4.98 Å². The summed E-state index contributed by atoms with van der Waals surface area (Å²) in [5, 5.41) is 0. The van der Waals surface area contributed by atoms with Crippen LogP contribution in [0.3, 0.4) is 0 Å². The standard InChI is InChI=1S/C13H10FNO/c1-9-5-6-10(7-12(9)14)13-4-2-3-11(8-16)15-13/h2-8H,1H3. The van der Waals surface area contributed by atoms with Crippen LogP contribution in [-0.4, -0.2) is 11.3 Å². The maximum absolute atomic E-state index is 13.3. The second-order valence-corrected chi connectivity index (χ2v) is 3.53. The second-order valence-electron chi connectivity index (χ2n) is 3.53. The van der Waals surface area contributed by atoms with Crippen molar-refractivity contribution in [1.29, 1.82) is 0 Å². The molecule has 3 heteroatoms. The Morgan fingerprint density at radius 2 is 2.06 bits per heavy atom. The van der Waals surface area contributed by atoms with Crippen molar-refractivity contribution in [3.63, 3.8) is 0 Å². The monoisotopic (exact) mass is 215 g/mol. The fourth-order valence-corrected chi connectivity index (χ4v) is 1.43. The maximum Gasteiger partial charge on any atom is 0.168 e. The fourth-order valence-electron chi connectivity index (χ4n) is 1.43. The van der Waals surface area contributed by atoms with Gasteiger partial charge in [0.2, 0.25) is 0 Å². The fraction of sp³-hybridized carbons (Fsp3) is 0.0769. The second kappa shape index (κ2) is 4.23. The molecule has 1 heterocycles. The van der Waals surface area contributed by atoms with Gasteiger partial charge in [0.05, 0.1) is 5.69 Å². The zero-order chi connectivity index (χ0) is 11.5. The van der Waals surface area contributed by atoms with Gasteiger partial charge in [0, 0.05) is 5.56 Å². The lowest BCUT2D eigenvalue weighted by atomic mass is 10.1. The van der Waals surface area contributed by atoms with Crippen molar-refractivity contribution in [3.05, 3.63) is 53.5 Å². The van der Waals surface area contributed by atoms with Gasteiger partial charge in [-0.15, -0.1) is 0 Å². The van der Waals surface area contributed by atoms with E-state index in [0.717, 1.165) is 0 Å². The Kier molecular flexibility index (Phi) is 2.77. The van der Waals surface area contributed by atoms with E-state index in [-0.39, 0.29) is 5.82 Å². The number of hydrogen-bond donors (Lipinski definition) is 0. The third-order valence-corrected chi connectivity index (χ3v) is 2.36. The number of hydrogen-bond acceptors (Lipinski definition) is 2. The molecule has 0 radical (unpaired) electrons. The first-order chi connectivity index (χ1) is 7.70. The molecule has 0 atom stereocenters. The highest BCUT2D eigenvalue weighted by atomic mass is 19.1. The summed E-state index contributed by atoms with van der Waals surface area (Å²) in [6, 6.07) is 9.99. The Morgan fingerprint density at radius 3 is 2.75 bits per heavy atom. The van der Waals surface area contributed by atoms with Gasteiger partial charge in [-0.05, 0) is 30.7 Å². The summed E-state index contributed by atoms with van der Waals surface area (Å²) >= 11 is 0. The van der Waals surface area contributed by atoms with Crippen LogP contribution < -0.4 is 0 Å². The quantitative estimate of drug-likeness (QED) is 0.721. The van der Waals surface area contributed by atoms with Gasteiger partial charge in [0.1, 0.15) is 11.5 Å². The van der Waals surface area contributed by atoms with Crippen LogP contribution in [0.5, 0.6) is 0 Å². The van der Waals surface area contributed by atoms with Crippen molar-refractivity contribution >= 4 is 6.29 Å². The minimum Gasteiger partial charge on any atom is -0.296 e. The highest BCUT2D eigenvalue weighted by Gasteiger charge is 2.03. The Balaban J connectivity index is 2.49. The number of benzene rings is 1. The van der Waals surface area contributed by atoms with E-state index in [0.29, 0.717) is 28.8 Å². The van der Waals surface area contributed by atoms with Crippen LogP contribution in [0.15, 0.2) is 36.4 Å². The molecule has 0 aliphatic carbocycles. The number of aromatic nitrogens is 1. The zero-order valence-electron chi connectivity index (χ0n) is 8.77. The normalized spacial score (nSPS) is 10.1. The molecule has 0 aliphatic rings. The van der Waals surface area contributed by atoms with Gasteiger partial charge in [-0.3, -0.25) is 4.79 Å². The summed E-state index contributed by atoms with van der Waals surface area (Å²) in [4.78, 5) is 14.7. The molecular formula is C13H10FNO. The van der Waals surface area contributed by atoms with Crippen LogP contribution in [0.4, 0.5) is 4.39 Å². The number of carbonyl (C=O) groups is 1. The molecule has 0 saturated heterocycles. The zero-order valence-corrected chi connectivity index (χ0v) is 8.77. The number of pyridine rings is 1. The summed E-state index contributed by atoms with van der Waals surface area (Å²) in [6.45, 7) is 1.70. The molecule has 0 saturated carbocycles. The number of aldehydes is 1. The van der Waals surface area contributed by atoms with E-state index in [1.807, 2.05) is 0 Å². The summed E-state index contributed by atoms with van der Waals surface area (Å²) in [6.07, 6.45) is 0.675. The predicted octanol–water partition coefficient (Wildman–Crippen LogP) is 3.01. The van der Waals surface area contributed by atoms with E-state index >= 15 is 0 Å². The number of aryl methyl sites for hydroxylation is 1. The molecule has 1 aromatic carbocycles. The van der Waals surface area contributed by atoms with Gasteiger partial charge >= 0.3 is 0 Å². The van der Waals surface area contributed by atoms with Crippen LogP contribution in [0.2, 0.25) is 0 Å². The summed E-state index contributed by atoms with van der Waals surface area (Å²) < 4.78 is 13.3. The highest BCUT2D eigenvalue weighted by molar-refractivity contribution is 5.73. The van der Waals surface area contributed by atoms with Crippen LogP contribution in [0, 0.1) is 12.7 Å². The Bertz CT molecular complexity index is 537. The molecule has 0 fully saturated rings. The minimum absolute atomic E-state index is 0.268. The average Bonchev–Trinajstić information content (AvgIpc) is 2.33. The first-order valence-electron chi connectivity index (χ1n) is 4.89. The third-order valence-electron chi connectivity index (χ3n) is 2.36. The van der Waals surface area contributed by atoms with Gasteiger partial charge < -0.3 is 0 Å². The first kappa shape index (κ1) is 10.5. The van der Waals surface area contributed by atoms with Crippen molar-refractivity contribution in [3.8, 4) is 11.3 Å². The summed E-state index contributed by atoms with van der Waals surface area (Å²) in [7, 11) is 0. The van der Waals surface area contributed by atoms with Crippen molar-refractivity contribution < 1.29 is 9.18 Å². The minimum atomic E-state index is -0.268. The van der Waals surface area contributed by atoms with Crippen LogP contribution >= 0.6 is 0 Å². The molecule has 80 valence electrons. The number of halogens is 1. The molecule has 2 rings (SSSR count). The molecule has 16 heavy (non-hydrogen) atoms. The Hall–Kier alpha value is -2.03. The van der Waals surface area contributed by atoms with Crippen molar-refractivity contribution in [2.75, 3.05) is 0 Å². The van der Waals surface area contributed by atoms with Crippen molar-refractivity contribution in [2.24, 2.45) is 0 Å². The van der Waals surface area contributed by atoms with E-state index < -0.39 is 0 Å². The van der Waals surface area contributed by atoms with Crippen LogP contribution in [0.1, 0.15) is 16.1 Å². The smallest absolute Gasteiger partial charge is 0.168 e. The van der Waals surface area contributed by atoms with E-state index in [1.54, 1.807) is 37.3 Å². The number of rotatable bonds is 2. The van der Waals surface area contributed by atoms with Gasteiger partial charge in [0.15, 0.2) is 6.29 Å². The number of carbonyl (C=O) groups excluding carboxylic acids is 1. The third kappa shape index (κ3) is 1.98. The SMILES string of the molecule is Cc1ccc(-c2cccc(C=O)n2)cc1F. The van der Waals surface area contributed by atoms with Gasteiger partial charge in [-0.1, -0.05) is 18.2 Å². The first-order valence-corrected chi connectivity index (χ1v) is 4.89. The van der Waals surface area contributed by atoms with Gasteiger partial charge in [-0.2, -0.15) is 0 Å². The molecule has 0 spiro atoms. The molecule has 1 aromatic heterocycles. The Labute approximate surface area is 92.8 Å². The molecule has 2 aromatic rings. The maximum atomic E-state index is 13.3. The lowest BCUT2D eigenvalue weighted by Gasteiger charge is -2.03. The average molecular weight is 215 g/mol. The molecule has 0 N–H and O–H groups in total. The van der Waals surface area contributed by atoms with Crippen LogP contribution in [-0.2, 0) is 0 Å². The molecular weight excluding hydrogens is 205 g/mol. The van der Waals surface area contributed by atoms with E-state index in [4.69, 9.17) is 0 Å². The van der Waals surface area contributed by atoms with E-state index in [9.17, 15) is 9.18 Å². The lowest BCUT2D eigenvalue weighted by molar-refractivity contribution is 0.111. The van der Waals surface area contributed by atoms with Crippen LogP contribution in [0.25, 0.3) is 11.3 Å². The molecule has 0 unspecified atom stereocenters. The molecule has 0 bridgehead atoms. The summed E-state index contributed by atoms with van der Waals surface area (Å²) in [5.74, 6) is -0.268. The molecule has 0 amide bonds. The van der Waals surface area contributed by atoms with Crippen molar-refractivity contribution in [1.82, 2.24) is 4.98 Å². The van der Waals surface area contributed by atoms with Gasteiger partial charge in [-0.25, -0.2) is 9.37 Å². The van der Waals surface area contributed by atoms with Crippen molar-refractivity contribution in [2.45, 2.75) is 6.92 Å². The Morgan fingerprint density at radius 1 is 1.25 bits per heavy atom. The topological polar surface area (TPSA) is 30.0 Å². The molecule has 2 nitrogen and oxygen atoms in total. The molecule has 0 aliphatic heterocycles. The van der Waals surface area contributed by atoms with Gasteiger partial charge in [0.25, 0.3) is 0 Å². The lowest BCUT2D eigenvalue weighted by Crippen LogP contribution is -1.91. The van der Waals surface area contributed by atoms with E-state index in [1.165, 1.54) is 6.07 Å². The highest BCUT2D eigenvalue weighted by Crippen LogP contribution is 2.19. The number of nitrogens with zero attached hydrogens (tertiary/aromatic N) is 1. The predicted molar refractivity (Wildman–Crippen MR) is 59.8 cm³/mol.